The molecule has 0 amide bonds. The smallest absolute Gasteiger partial charge is 0.190 e. The number of hydrogen-bond donors (Lipinski definition) is 2. The van der Waals surface area contributed by atoms with Gasteiger partial charge >= 0.3 is 0 Å². The quantitative estimate of drug-likeness (QED) is 0.410. The van der Waals surface area contributed by atoms with Gasteiger partial charge in [0.2, 0.25) is 0 Å². The predicted molar refractivity (Wildman–Crippen MR) is 107 cm³/mol. The van der Waals surface area contributed by atoms with Crippen molar-refractivity contribution in [2.24, 2.45) is 10.9 Å². The number of nitrogens with zero attached hydrogens (tertiary/aromatic N) is 2. The van der Waals surface area contributed by atoms with Gasteiger partial charge in [-0.1, -0.05) is 18.2 Å². The van der Waals surface area contributed by atoms with Crippen LogP contribution in [0, 0.1) is 5.92 Å². The van der Waals surface area contributed by atoms with Gasteiger partial charge in [-0.2, -0.15) is 0 Å². The van der Waals surface area contributed by atoms with Gasteiger partial charge in [0, 0.05) is 26.7 Å². The second kappa shape index (κ2) is 10.7. The molecule has 1 heterocycles. The summed E-state index contributed by atoms with van der Waals surface area (Å²) in [6.07, 6.45) is 2.18. The first-order chi connectivity index (χ1) is 10.7. The van der Waals surface area contributed by atoms with E-state index in [1.807, 2.05) is 25.2 Å². The largest absolute Gasteiger partial charge is 0.496 e. The number of nitrogens with one attached hydrogen (secondary N) is 2. The fourth-order valence-electron chi connectivity index (χ4n) is 2.88. The summed E-state index contributed by atoms with van der Waals surface area (Å²) in [4.78, 5) is 6.67. The number of hydrogen-bond acceptors (Lipinski definition) is 3. The summed E-state index contributed by atoms with van der Waals surface area (Å²) < 4.78 is 5.38. The summed E-state index contributed by atoms with van der Waals surface area (Å²) in [5.74, 6) is 2.54. The lowest BCUT2D eigenvalue weighted by Gasteiger charge is -2.16. The minimum Gasteiger partial charge on any atom is -0.496 e. The SMILES string of the molecule is CN=C(NCCc1ccccc1OC)NCC1CCN(C)C1.I. The van der Waals surface area contributed by atoms with Crippen LogP contribution in [0.5, 0.6) is 5.75 Å². The van der Waals surface area contributed by atoms with Crippen molar-refractivity contribution in [3.05, 3.63) is 29.8 Å². The Hall–Kier alpha value is -1.02. The monoisotopic (exact) mass is 432 g/mol. The highest BCUT2D eigenvalue weighted by molar-refractivity contribution is 14.0. The highest BCUT2D eigenvalue weighted by atomic mass is 127. The minimum absolute atomic E-state index is 0. The van der Waals surface area contributed by atoms with E-state index in [0.29, 0.717) is 0 Å². The van der Waals surface area contributed by atoms with Crippen LogP contribution in [-0.4, -0.2) is 58.2 Å². The Bertz CT molecular complexity index is 495. The van der Waals surface area contributed by atoms with Crippen molar-refractivity contribution in [2.45, 2.75) is 12.8 Å². The molecule has 0 aliphatic carbocycles. The van der Waals surface area contributed by atoms with Crippen LogP contribution in [0.1, 0.15) is 12.0 Å². The first-order valence-electron chi connectivity index (χ1n) is 7.98. The standard InChI is InChI=1S/C17H28N4O.HI/c1-18-17(20-12-14-9-11-21(2)13-14)19-10-8-15-6-4-5-7-16(15)22-3;/h4-7,14H,8-13H2,1-3H3,(H2,18,19,20);1H. The number of halogens is 1. The number of ether oxygens (including phenoxy) is 1. The fourth-order valence-corrected chi connectivity index (χ4v) is 2.88. The average Bonchev–Trinajstić information content (AvgIpc) is 2.96. The second-order valence-corrected chi connectivity index (χ2v) is 5.86. The van der Waals surface area contributed by atoms with Crippen molar-refractivity contribution >= 4 is 29.9 Å². The van der Waals surface area contributed by atoms with Crippen LogP contribution in [0.2, 0.25) is 0 Å². The molecule has 5 nitrogen and oxygen atoms in total. The van der Waals surface area contributed by atoms with Gasteiger partial charge in [-0.25, -0.2) is 0 Å². The second-order valence-electron chi connectivity index (χ2n) is 5.86. The molecule has 1 fully saturated rings. The number of guanidine groups is 1. The maximum atomic E-state index is 5.38. The molecular weight excluding hydrogens is 403 g/mol. The third-order valence-electron chi connectivity index (χ3n) is 4.15. The third kappa shape index (κ3) is 6.55. The van der Waals surface area contributed by atoms with Gasteiger partial charge in [-0.15, -0.1) is 24.0 Å². The van der Waals surface area contributed by atoms with E-state index in [-0.39, 0.29) is 24.0 Å². The van der Waals surface area contributed by atoms with Crippen molar-refractivity contribution in [3.63, 3.8) is 0 Å². The zero-order valence-corrected chi connectivity index (χ0v) is 16.7. The third-order valence-corrected chi connectivity index (χ3v) is 4.15. The molecule has 2 N–H and O–H groups in total. The molecule has 130 valence electrons. The van der Waals surface area contributed by atoms with Crippen molar-refractivity contribution < 1.29 is 4.74 Å². The number of methoxy groups -OCH3 is 1. The first kappa shape index (κ1) is 20.0. The molecule has 1 aliphatic rings. The molecule has 1 aromatic rings. The fraction of sp³-hybridized carbons (Fsp3) is 0.588. The van der Waals surface area contributed by atoms with Gasteiger partial charge in [0.05, 0.1) is 7.11 Å². The Balaban J connectivity index is 0.00000264. The molecule has 6 heteroatoms. The Morgan fingerprint density at radius 2 is 2.13 bits per heavy atom. The van der Waals surface area contributed by atoms with Crippen LogP contribution in [0.3, 0.4) is 0 Å². The maximum Gasteiger partial charge on any atom is 0.190 e. The van der Waals surface area contributed by atoms with Crippen molar-refractivity contribution in [1.29, 1.82) is 0 Å². The van der Waals surface area contributed by atoms with E-state index in [4.69, 9.17) is 4.74 Å². The van der Waals surface area contributed by atoms with E-state index in [9.17, 15) is 0 Å². The predicted octanol–water partition coefficient (Wildman–Crippen LogP) is 1.97. The molecule has 23 heavy (non-hydrogen) atoms. The topological polar surface area (TPSA) is 48.9 Å². The first-order valence-corrected chi connectivity index (χ1v) is 7.98. The van der Waals surface area contributed by atoms with Crippen LogP contribution >= 0.6 is 24.0 Å². The molecule has 0 spiro atoms. The van der Waals surface area contributed by atoms with Crippen LogP contribution in [0.15, 0.2) is 29.3 Å². The van der Waals surface area contributed by atoms with E-state index in [0.717, 1.165) is 37.1 Å². The summed E-state index contributed by atoms with van der Waals surface area (Å²) in [6.45, 7) is 4.20. The molecule has 1 saturated heterocycles. The minimum atomic E-state index is 0. The van der Waals surface area contributed by atoms with Crippen LogP contribution in [0.25, 0.3) is 0 Å². The van der Waals surface area contributed by atoms with Crippen LogP contribution in [0.4, 0.5) is 0 Å². The number of rotatable bonds is 6. The van der Waals surface area contributed by atoms with Crippen LogP contribution < -0.4 is 15.4 Å². The van der Waals surface area contributed by atoms with E-state index >= 15 is 0 Å². The summed E-state index contributed by atoms with van der Waals surface area (Å²) in [5, 5.41) is 6.80. The molecular formula is C17H29IN4O. The number of likely N-dealkylation sites (tertiary alicyclic amines) is 1. The van der Waals surface area contributed by atoms with E-state index in [1.54, 1.807) is 7.11 Å². The van der Waals surface area contributed by atoms with Gasteiger partial charge in [0.25, 0.3) is 0 Å². The lowest BCUT2D eigenvalue weighted by molar-refractivity contribution is 0.394. The molecule has 0 saturated carbocycles. The summed E-state index contributed by atoms with van der Waals surface area (Å²) in [5.41, 5.74) is 1.21. The van der Waals surface area contributed by atoms with Crippen molar-refractivity contribution in [2.75, 3.05) is 47.4 Å². The van der Waals surface area contributed by atoms with E-state index in [2.05, 4.69) is 33.6 Å². The zero-order chi connectivity index (χ0) is 15.8. The molecule has 0 radical (unpaired) electrons. The lowest BCUT2D eigenvalue weighted by atomic mass is 10.1. The Labute approximate surface area is 156 Å². The molecule has 2 rings (SSSR count). The molecule has 1 unspecified atom stereocenters. The molecule has 0 aromatic heterocycles. The zero-order valence-electron chi connectivity index (χ0n) is 14.3. The molecule has 1 atom stereocenters. The highest BCUT2D eigenvalue weighted by Crippen LogP contribution is 2.17. The Morgan fingerprint density at radius 3 is 2.78 bits per heavy atom. The Morgan fingerprint density at radius 1 is 1.35 bits per heavy atom. The van der Waals surface area contributed by atoms with E-state index < -0.39 is 0 Å². The molecule has 1 aromatic carbocycles. The van der Waals surface area contributed by atoms with Gasteiger partial charge < -0.3 is 20.3 Å². The Kier molecular flexibility index (Phi) is 9.31. The van der Waals surface area contributed by atoms with Gasteiger partial charge in [0.1, 0.15) is 5.75 Å². The van der Waals surface area contributed by atoms with Crippen molar-refractivity contribution in [3.8, 4) is 5.75 Å². The van der Waals surface area contributed by atoms with Crippen LogP contribution in [-0.2, 0) is 6.42 Å². The highest BCUT2D eigenvalue weighted by Gasteiger charge is 2.19. The van der Waals surface area contributed by atoms with Gasteiger partial charge in [0.15, 0.2) is 5.96 Å². The summed E-state index contributed by atoms with van der Waals surface area (Å²) >= 11 is 0. The van der Waals surface area contributed by atoms with Gasteiger partial charge in [-0.05, 0) is 44.0 Å². The molecule has 1 aliphatic heterocycles. The maximum absolute atomic E-state index is 5.38. The van der Waals surface area contributed by atoms with Crippen molar-refractivity contribution in [1.82, 2.24) is 15.5 Å². The average molecular weight is 432 g/mol. The summed E-state index contributed by atoms with van der Waals surface area (Å²) in [6, 6.07) is 8.14. The summed E-state index contributed by atoms with van der Waals surface area (Å²) in [7, 11) is 5.71. The number of para-hydroxylation sites is 1. The number of aliphatic imine (C=N–C) groups is 1. The number of benzene rings is 1. The normalized spacial score (nSPS) is 18.4. The lowest BCUT2D eigenvalue weighted by Crippen LogP contribution is -2.41. The van der Waals surface area contributed by atoms with E-state index in [1.165, 1.54) is 25.1 Å². The van der Waals surface area contributed by atoms with Gasteiger partial charge in [-0.3, -0.25) is 4.99 Å². The molecule has 0 bridgehead atoms.